The van der Waals surface area contributed by atoms with Gasteiger partial charge in [-0.05, 0) is 0 Å². The van der Waals surface area contributed by atoms with Crippen LogP contribution in [0.1, 0.15) is 0 Å². The maximum atomic E-state index is 4.91. The molecule has 0 aromatic carbocycles. The summed E-state index contributed by atoms with van der Waals surface area (Å²) in [5.41, 5.74) is 0. The molecule has 1 rings (SSSR count). The van der Waals surface area contributed by atoms with E-state index in [-0.39, 0.29) is 21.9 Å². The van der Waals surface area contributed by atoms with Gasteiger partial charge < -0.3 is 0 Å². The van der Waals surface area contributed by atoms with Gasteiger partial charge in [-0.2, -0.15) is 0 Å². The molecule has 0 aromatic rings. The molecule has 0 fully saturated rings. The van der Waals surface area contributed by atoms with Crippen molar-refractivity contribution in [1.29, 1.82) is 0 Å². The SMILES string of the molecule is CN1C=CO[I-]1. The number of hydrogen-bond donors (Lipinski definition) is 0. The zero-order chi connectivity index (χ0) is 4.41. The molecule has 1 heterocycles. The van der Waals surface area contributed by atoms with E-state index in [9.17, 15) is 0 Å². The standard InChI is InChI=1S/C3H5INO/c1-5-2-3-6-4-5/h2-3H,1H3/q-1. The Morgan fingerprint density at radius 2 is 2.67 bits per heavy atom. The van der Waals surface area contributed by atoms with Crippen molar-refractivity contribution < 1.29 is 25.0 Å². The molecule has 36 valence electrons. The summed E-state index contributed by atoms with van der Waals surface area (Å²) in [6, 6.07) is 0. The van der Waals surface area contributed by atoms with Crippen LogP contribution in [0.3, 0.4) is 0 Å². The first-order valence-electron chi connectivity index (χ1n) is 1.60. The molecule has 0 saturated heterocycles. The molecule has 0 amide bonds. The second-order valence-corrected chi connectivity index (χ2v) is 3.39. The van der Waals surface area contributed by atoms with E-state index >= 15 is 0 Å². The average Bonchev–Trinajstić information content (AvgIpc) is 1.86. The third-order valence-corrected chi connectivity index (χ3v) is 1.93. The fourth-order valence-corrected chi connectivity index (χ4v) is 1.10. The Hall–Kier alpha value is 0.0700. The topological polar surface area (TPSA) is 12.5 Å². The van der Waals surface area contributed by atoms with Gasteiger partial charge in [0.25, 0.3) is 0 Å². The molecule has 0 saturated carbocycles. The van der Waals surface area contributed by atoms with Crippen molar-refractivity contribution in [2.24, 2.45) is 0 Å². The first kappa shape index (κ1) is 4.23. The van der Waals surface area contributed by atoms with E-state index in [1.807, 2.05) is 13.2 Å². The minimum atomic E-state index is -0.0983. The quantitative estimate of drug-likeness (QED) is 0.311. The molecule has 0 spiro atoms. The molecule has 3 heteroatoms. The first-order chi connectivity index (χ1) is 2.89. The van der Waals surface area contributed by atoms with Crippen molar-refractivity contribution in [3.8, 4) is 0 Å². The Kier molecular flexibility index (Phi) is 1.19. The van der Waals surface area contributed by atoms with Crippen molar-refractivity contribution in [3.05, 3.63) is 12.5 Å². The fourth-order valence-electron chi connectivity index (χ4n) is 0.216. The summed E-state index contributed by atoms with van der Waals surface area (Å²) in [5, 5.41) is 0. The van der Waals surface area contributed by atoms with Crippen LogP contribution in [-0.4, -0.2) is 10.2 Å². The fraction of sp³-hybridized carbons (Fsp3) is 0.333. The van der Waals surface area contributed by atoms with E-state index in [1.165, 1.54) is 0 Å². The summed E-state index contributed by atoms with van der Waals surface area (Å²) in [6.07, 6.45) is 3.67. The third-order valence-electron chi connectivity index (χ3n) is 0.466. The van der Waals surface area contributed by atoms with Crippen molar-refractivity contribution in [2.45, 2.75) is 0 Å². The first-order valence-corrected chi connectivity index (χ1v) is 3.44. The summed E-state index contributed by atoms with van der Waals surface area (Å²) in [7, 11) is 2.01. The molecule has 1 aliphatic rings. The van der Waals surface area contributed by atoms with Gasteiger partial charge in [0.05, 0.1) is 0 Å². The van der Waals surface area contributed by atoms with Crippen molar-refractivity contribution in [3.63, 3.8) is 0 Å². The van der Waals surface area contributed by atoms with Crippen LogP contribution in [0, 0.1) is 0 Å². The van der Waals surface area contributed by atoms with E-state index in [1.54, 1.807) is 6.26 Å². The minimum absolute atomic E-state index is 0.0983. The van der Waals surface area contributed by atoms with Gasteiger partial charge in [0, 0.05) is 0 Å². The molecule has 0 aromatic heterocycles. The summed E-state index contributed by atoms with van der Waals surface area (Å²) >= 11 is -0.0983. The molecule has 0 N–H and O–H groups in total. The zero-order valence-corrected chi connectivity index (χ0v) is 5.55. The van der Waals surface area contributed by atoms with Crippen LogP contribution in [0.15, 0.2) is 12.5 Å². The van der Waals surface area contributed by atoms with Crippen molar-refractivity contribution in [1.82, 2.24) is 3.11 Å². The van der Waals surface area contributed by atoms with Crippen LogP contribution in [-0.2, 0) is 3.07 Å². The Labute approximate surface area is 47.9 Å². The Bertz CT molecular complexity index is 73.2. The third kappa shape index (κ3) is 0.767. The number of nitrogens with zero attached hydrogens (tertiary/aromatic N) is 1. The van der Waals surface area contributed by atoms with Gasteiger partial charge >= 0.3 is 47.6 Å². The molecule has 0 aliphatic carbocycles. The second kappa shape index (κ2) is 1.68. The number of halogens is 1. The number of hydrogen-bond acceptors (Lipinski definition) is 2. The van der Waals surface area contributed by atoms with E-state index in [4.69, 9.17) is 3.07 Å². The van der Waals surface area contributed by atoms with Crippen LogP contribution in [0.2, 0.25) is 0 Å². The van der Waals surface area contributed by atoms with Gasteiger partial charge in [-0.25, -0.2) is 0 Å². The summed E-state index contributed by atoms with van der Waals surface area (Å²) in [4.78, 5) is 0. The monoisotopic (exact) mass is 198 g/mol. The van der Waals surface area contributed by atoms with E-state index in [0.29, 0.717) is 0 Å². The molecule has 0 atom stereocenters. The van der Waals surface area contributed by atoms with Crippen molar-refractivity contribution in [2.75, 3.05) is 7.05 Å². The average molecular weight is 198 g/mol. The molecular weight excluding hydrogens is 193 g/mol. The van der Waals surface area contributed by atoms with E-state index in [2.05, 4.69) is 3.11 Å². The summed E-state index contributed by atoms with van der Waals surface area (Å²) < 4.78 is 6.98. The summed E-state index contributed by atoms with van der Waals surface area (Å²) in [6.45, 7) is 0. The normalized spacial score (nSPS) is 19.8. The van der Waals surface area contributed by atoms with Crippen LogP contribution in [0.25, 0.3) is 0 Å². The molecule has 0 unspecified atom stereocenters. The molecule has 6 heavy (non-hydrogen) atoms. The van der Waals surface area contributed by atoms with Crippen LogP contribution < -0.4 is 21.9 Å². The van der Waals surface area contributed by atoms with Crippen LogP contribution in [0.5, 0.6) is 0 Å². The van der Waals surface area contributed by atoms with Crippen LogP contribution >= 0.6 is 0 Å². The Morgan fingerprint density at radius 1 is 1.83 bits per heavy atom. The Morgan fingerprint density at radius 3 is 2.83 bits per heavy atom. The zero-order valence-electron chi connectivity index (χ0n) is 3.39. The second-order valence-electron chi connectivity index (χ2n) is 0.968. The molecular formula is C3H5INO-. The van der Waals surface area contributed by atoms with Gasteiger partial charge in [-0.3, -0.25) is 0 Å². The van der Waals surface area contributed by atoms with E-state index in [0.717, 1.165) is 0 Å². The van der Waals surface area contributed by atoms with Crippen molar-refractivity contribution >= 4 is 0 Å². The van der Waals surface area contributed by atoms with Crippen LogP contribution in [0.4, 0.5) is 0 Å². The molecule has 2 nitrogen and oxygen atoms in total. The molecule has 0 radical (unpaired) electrons. The van der Waals surface area contributed by atoms with Gasteiger partial charge in [0.1, 0.15) is 0 Å². The molecule has 0 bridgehead atoms. The van der Waals surface area contributed by atoms with Gasteiger partial charge in [-0.1, -0.05) is 0 Å². The predicted molar refractivity (Wildman–Crippen MR) is 18.0 cm³/mol. The van der Waals surface area contributed by atoms with Gasteiger partial charge in [-0.15, -0.1) is 0 Å². The summed E-state index contributed by atoms with van der Waals surface area (Å²) in [5.74, 6) is 0. The van der Waals surface area contributed by atoms with Gasteiger partial charge in [0.2, 0.25) is 0 Å². The Balaban J connectivity index is 2.38. The maximum absolute atomic E-state index is 4.91. The number of rotatable bonds is 0. The van der Waals surface area contributed by atoms with E-state index < -0.39 is 0 Å². The molecule has 1 aliphatic heterocycles. The predicted octanol–water partition coefficient (Wildman–Crippen LogP) is -2.66. The van der Waals surface area contributed by atoms with Gasteiger partial charge in [0.15, 0.2) is 0 Å².